The molecule has 2 N–H and O–H groups in total. The highest BCUT2D eigenvalue weighted by Gasteiger charge is 2.11. The summed E-state index contributed by atoms with van der Waals surface area (Å²) in [5.41, 5.74) is -0.245. The van der Waals surface area contributed by atoms with Crippen molar-refractivity contribution in [2.24, 2.45) is 4.99 Å². The van der Waals surface area contributed by atoms with E-state index in [0.717, 1.165) is 36.2 Å². The molecule has 27 heavy (non-hydrogen) atoms. The van der Waals surface area contributed by atoms with E-state index in [2.05, 4.69) is 23.8 Å². The monoisotopic (exact) mass is 372 g/mol. The van der Waals surface area contributed by atoms with Crippen LogP contribution < -0.4 is 21.3 Å². The molecule has 0 bridgehead atoms. The van der Waals surface area contributed by atoms with Gasteiger partial charge in [0.1, 0.15) is 0 Å². The van der Waals surface area contributed by atoms with Gasteiger partial charge in [-0.15, -0.1) is 0 Å². The predicted molar refractivity (Wildman–Crippen MR) is 105 cm³/mol. The summed E-state index contributed by atoms with van der Waals surface area (Å²) in [6.07, 6.45) is 0.879. The fraction of sp³-hybridized carbons (Fsp3) is 0.450. The summed E-state index contributed by atoms with van der Waals surface area (Å²) >= 11 is 0. The molecule has 0 saturated carbocycles. The van der Waals surface area contributed by atoms with Crippen molar-refractivity contribution >= 4 is 5.71 Å². The lowest BCUT2D eigenvalue weighted by atomic mass is 10.2. The number of hydrogen-bond donors (Lipinski definition) is 2. The van der Waals surface area contributed by atoms with E-state index in [1.54, 1.807) is 6.92 Å². The second kappa shape index (κ2) is 9.87. The van der Waals surface area contributed by atoms with E-state index in [1.165, 1.54) is 4.90 Å². The third-order valence-electron chi connectivity index (χ3n) is 4.73. The van der Waals surface area contributed by atoms with Crippen LogP contribution in [0.15, 0.2) is 44.9 Å². The first kappa shape index (κ1) is 20.6. The van der Waals surface area contributed by atoms with Crippen LogP contribution in [0, 0.1) is 0 Å². The summed E-state index contributed by atoms with van der Waals surface area (Å²) < 4.78 is 1.05. The molecule has 0 unspecified atom stereocenters. The highest BCUT2D eigenvalue weighted by atomic mass is 16.3. The Bertz CT molecular complexity index is 880. The third kappa shape index (κ3) is 5.40. The van der Waals surface area contributed by atoms with Gasteiger partial charge in [0.2, 0.25) is 0 Å². The first-order chi connectivity index (χ1) is 13.0. The van der Waals surface area contributed by atoms with Crippen molar-refractivity contribution in [1.82, 2.24) is 9.55 Å². The van der Waals surface area contributed by atoms with E-state index in [1.807, 2.05) is 30.3 Å². The van der Waals surface area contributed by atoms with Crippen LogP contribution >= 0.6 is 0 Å². The van der Waals surface area contributed by atoms with Crippen molar-refractivity contribution < 1.29 is 10.0 Å². The maximum Gasteiger partial charge on any atom is 0.328 e. The van der Waals surface area contributed by atoms with Crippen molar-refractivity contribution in [2.45, 2.75) is 33.7 Å². The number of benzene rings is 1. The van der Waals surface area contributed by atoms with Crippen LogP contribution in [0.4, 0.5) is 0 Å². The van der Waals surface area contributed by atoms with Crippen molar-refractivity contribution in [1.29, 1.82) is 0 Å². The van der Waals surface area contributed by atoms with Gasteiger partial charge in [-0.05, 0) is 32.2 Å². The number of rotatable bonds is 9. The largest absolute Gasteiger partial charge is 0.859 e. The van der Waals surface area contributed by atoms with Gasteiger partial charge in [-0.2, -0.15) is 0 Å². The molecule has 0 aliphatic carbocycles. The summed E-state index contributed by atoms with van der Waals surface area (Å²) in [5.74, 6) is -0.594. The Hall–Kier alpha value is -2.67. The molecule has 0 fully saturated rings. The normalized spacial score (nSPS) is 11.9. The second-order valence-corrected chi connectivity index (χ2v) is 6.54. The van der Waals surface area contributed by atoms with Crippen LogP contribution in [0.1, 0.15) is 38.3 Å². The maximum atomic E-state index is 12.7. The highest BCUT2D eigenvalue weighted by molar-refractivity contribution is 6.00. The van der Waals surface area contributed by atoms with Gasteiger partial charge in [-0.1, -0.05) is 30.3 Å². The molecule has 1 aromatic heterocycles. The zero-order chi connectivity index (χ0) is 19.8. The van der Waals surface area contributed by atoms with Crippen LogP contribution in [0.3, 0.4) is 0 Å². The molecular weight excluding hydrogens is 344 g/mol. The van der Waals surface area contributed by atoms with E-state index in [-0.39, 0.29) is 12.1 Å². The average molecular weight is 372 g/mol. The summed E-state index contributed by atoms with van der Waals surface area (Å²) in [6, 6.07) is 9.18. The lowest BCUT2D eigenvalue weighted by Crippen LogP contribution is -3.11. The number of aromatic nitrogens is 2. The molecular formula is C20H28N4O3. The fourth-order valence-corrected chi connectivity index (χ4v) is 3.04. The topological polar surface area (TPSA) is 94.7 Å². The minimum Gasteiger partial charge on any atom is -0.859 e. The van der Waals surface area contributed by atoms with Crippen molar-refractivity contribution in [3.8, 4) is 5.88 Å². The number of nitrogens with one attached hydrogen (secondary N) is 2. The average Bonchev–Trinajstić information content (AvgIpc) is 2.66. The third-order valence-corrected chi connectivity index (χ3v) is 4.73. The van der Waals surface area contributed by atoms with E-state index in [9.17, 15) is 14.7 Å². The van der Waals surface area contributed by atoms with Gasteiger partial charge >= 0.3 is 5.69 Å². The van der Waals surface area contributed by atoms with Gasteiger partial charge in [0.05, 0.1) is 31.7 Å². The summed E-state index contributed by atoms with van der Waals surface area (Å²) in [4.78, 5) is 32.4. The minimum atomic E-state index is -0.699. The number of H-pyrrole nitrogens is 1. The van der Waals surface area contributed by atoms with Gasteiger partial charge in [-0.3, -0.25) is 14.8 Å². The summed E-state index contributed by atoms with van der Waals surface area (Å²) in [5, 5.41) is 12.7. The molecule has 0 aliphatic rings. The fourth-order valence-electron chi connectivity index (χ4n) is 3.04. The van der Waals surface area contributed by atoms with Crippen LogP contribution in [-0.4, -0.2) is 41.4 Å². The molecule has 0 aliphatic heterocycles. The molecule has 0 saturated heterocycles. The molecule has 1 aromatic carbocycles. The van der Waals surface area contributed by atoms with Crippen molar-refractivity contribution in [2.75, 3.05) is 26.2 Å². The summed E-state index contributed by atoms with van der Waals surface area (Å²) in [7, 11) is 0. The SMILES string of the molecule is CC[NH+](CC)CCCN=C(C)c1c([O-])n(Cc2ccccc2)c(=O)[nH]c1=O. The molecule has 7 nitrogen and oxygen atoms in total. The lowest BCUT2D eigenvalue weighted by molar-refractivity contribution is -0.896. The van der Waals surface area contributed by atoms with Gasteiger partial charge in [0, 0.05) is 18.7 Å². The molecule has 0 spiro atoms. The predicted octanol–water partition coefficient (Wildman–Crippen LogP) is -0.218. The Balaban J connectivity index is 2.23. The molecule has 2 rings (SSSR count). The first-order valence-corrected chi connectivity index (χ1v) is 9.40. The van der Waals surface area contributed by atoms with Crippen LogP contribution in [0.25, 0.3) is 0 Å². The molecule has 146 valence electrons. The van der Waals surface area contributed by atoms with Crippen molar-refractivity contribution in [3.05, 3.63) is 62.3 Å². The molecule has 0 atom stereocenters. The molecule has 0 amide bonds. The molecule has 1 heterocycles. The standard InChI is InChI=1S/C20H28N4O3/c1-4-23(5-2)13-9-12-21-15(3)17-18(25)22-20(27)24(19(17)26)14-16-10-7-6-8-11-16/h6-8,10-11,26H,4-5,9,12-14H2,1-3H3,(H,22,25,27). The van der Waals surface area contributed by atoms with Gasteiger partial charge in [0.15, 0.2) is 0 Å². The zero-order valence-corrected chi connectivity index (χ0v) is 16.2. The van der Waals surface area contributed by atoms with E-state index in [0.29, 0.717) is 12.3 Å². The first-order valence-electron chi connectivity index (χ1n) is 9.40. The quantitative estimate of drug-likeness (QED) is 0.471. The second-order valence-electron chi connectivity index (χ2n) is 6.54. The Morgan fingerprint density at radius 2 is 1.85 bits per heavy atom. The highest BCUT2D eigenvalue weighted by Crippen LogP contribution is 2.10. The maximum absolute atomic E-state index is 12.7. The van der Waals surface area contributed by atoms with E-state index < -0.39 is 17.1 Å². The van der Waals surface area contributed by atoms with E-state index in [4.69, 9.17) is 0 Å². The Kier molecular flexibility index (Phi) is 7.55. The summed E-state index contributed by atoms with van der Waals surface area (Å²) in [6.45, 7) is 9.72. The van der Waals surface area contributed by atoms with Crippen LogP contribution in [-0.2, 0) is 6.54 Å². The Labute approximate surface area is 159 Å². The molecule has 2 aromatic rings. The number of aliphatic imine (C=N–C) groups is 1. The zero-order valence-electron chi connectivity index (χ0n) is 16.2. The number of hydrogen-bond acceptors (Lipinski definition) is 4. The van der Waals surface area contributed by atoms with Gasteiger partial charge in [-0.25, -0.2) is 4.79 Å². The molecule has 0 radical (unpaired) electrons. The minimum absolute atomic E-state index is 0.0549. The van der Waals surface area contributed by atoms with Crippen molar-refractivity contribution in [3.63, 3.8) is 0 Å². The molecule has 7 heteroatoms. The number of nitrogens with zero attached hydrogens (tertiary/aromatic N) is 2. The van der Waals surface area contributed by atoms with Gasteiger partial charge in [0.25, 0.3) is 5.56 Å². The van der Waals surface area contributed by atoms with Crippen LogP contribution in [0.5, 0.6) is 5.88 Å². The van der Waals surface area contributed by atoms with Crippen LogP contribution in [0.2, 0.25) is 0 Å². The lowest BCUT2D eigenvalue weighted by Gasteiger charge is -2.19. The van der Waals surface area contributed by atoms with E-state index >= 15 is 0 Å². The van der Waals surface area contributed by atoms with Gasteiger partial charge < -0.3 is 14.6 Å². The Morgan fingerprint density at radius 3 is 2.48 bits per heavy atom. The number of aromatic amines is 1. The Morgan fingerprint density at radius 1 is 1.19 bits per heavy atom. The smallest absolute Gasteiger partial charge is 0.328 e. The number of quaternary nitrogens is 1.